The van der Waals surface area contributed by atoms with Crippen molar-refractivity contribution >= 4 is 5.78 Å². The Morgan fingerprint density at radius 3 is 2.89 bits per heavy atom. The highest BCUT2D eigenvalue weighted by molar-refractivity contribution is 6.10. The van der Waals surface area contributed by atoms with E-state index >= 15 is 0 Å². The fourth-order valence-corrected chi connectivity index (χ4v) is 1.61. The van der Waals surface area contributed by atoms with Crippen LogP contribution in [0, 0.1) is 11.3 Å². The van der Waals surface area contributed by atoms with Gasteiger partial charge in [0.25, 0.3) is 0 Å². The van der Waals surface area contributed by atoms with Crippen LogP contribution in [0.5, 0.6) is 5.88 Å². The van der Waals surface area contributed by atoms with E-state index in [1.807, 2.05) is 6.07 Å². The Kier molecular flexibility index (Phi) is 3.35. The first-order valence-electron chi connectivity index (χ1n) is 5.30. The molecule has 0 radical (unpaired) electrons. The number of carbonyl (C=O) groups is 1. The maximum Gasteiger partial charge on any atom is 0.224 e. The largest absolute Gasteiger partial charge is 0.480 e. The molecule has 0 fully saturated rings. The number of nitrogens with zero attached hydrogens (tertiary/aromatic N) is 2. The van der Waals surface area contributed by atoms with Gasteiger partial charge in [-0.25, -0.2) is 4.98 Å². The number of carbonyl (C=O) groups excluding carboxylic acids is 1. The summed E-state index contributed by atoms with van der Waals surface area (Å²) >= 11 is 0. The first-order valence-corrected chi connectivity index (χ1v) is 5.30. The van der Waals surface area contributed by atoms with Gasteiger partial charge in [0, 0.05) is 11.8 Å². The smallest absolute Gasteiger partial charge is 0.224 e. The molecule has 0 saturated carbocycles. The molecule has 2 aromatic rings. The Morgan fingerprint density at radius 2 is 2.17 bits per heavy atom. The summed E-state index contributed by atoms with van der Waals surface area (Å²) in [5.74, 6) is 0.0712. The maximum absolute atomic E-state index is 12.3. The summed E-state index contributed by atoms with van der Waals surface area (Å²) in [4.78, 5) is 16.2. The van der Waals surface area contributed by atoms with Crippen molar-refractivity contribution in [3.05, 3.63) is 59.3 Å². The highest BCUT2D eigenvalue weighted by Crippen LogP contribution is 2.18. The van der Waals surface area contributed by atoms with Gasteiger partial charge in [0.15, 0.2) is 5.78 Å². The molecule has 0 bridgehead atoms. The highest BCUT2D eigenvalue weighted by atomic mass is 16.5. The predicted octanol–water partition coefficient (Wildman–Crippen LogP) is 2.19. The van der Waals surface area contributed by atoms with Gasteiger partial charge in [-0.05, 0) is 24.3 Å². The summed E-state index contributed by atoms with van der Waals surface area (Å²) in [6.45, 7) is 0. The third-order valence-corrected chi connectivity index (χ3v) is 2.46. The van der Waals surface area contributed by atoms with E-state index in [0.717, 1.165) is 0 Å². The lowest BCUT2D eigenvalue weighted by molar-refractivity contribution is 0.103. The zero-order chi connectivity index (χ0) is 13.0. The molecule has 0 saturated heterocycles. The summed E-state index contributed by atoms with van der Waals surface area (Å²) in [6, 6.07) is 11.9. The Balaban J connectivity index is 2.45. The Bertz CT molecular complexity index is 630. The van der Waals surface area contributed by atoms with Gasteiger partial charge in [-0.3, -0.25) is 4.79 Å². The van der Waals surface area contributed by atoms with Gasteiger partial charge in [0.05, 0.1) is 24.3 Å². The molecule has 1 aromatic heterocycles. The summed E-state index contributed by atoms with van der Waals surface area (Å²) in [7, 11) is 1.46. The number of hydrogen-bond acceptors (Lipinski definition) is 4. The van der Waals surface area contributed by atoms with Gasteiger partial charge < -0.3 is 4.74 Å². The van der Waals surface area contributed by atoms with Crippen LogP contribution in [0.4, 0.5) is 0 Å². The minimum atomic E-state index is -0.211. The van der Waals surface area contributed by atoms with E-state index in [-0.39, 0.29) is 11.7 Å². The Hall–Kier alpha value is -2.67. The van der Waals surface area contributed by atoms with Crippen molar-refractivity contribution in [3.63, 3.8) is 0 Å². The first kappa shape index (κ1) is 11.8. The van der Waals surface area contributed by atoms with E-state index in [9.17, 15) is 4.79 Å². The maximum atomic E-state index is 12.3. The fourth-order valence-electron chi connectivity index (χ4n) is 1.61. The van der Waals surface area contributed by atoms with Crippen molar-refractivity contribution in [2.24, 2.45) is 0 Å². The molecule has 1 aromatic carbocycles. The van der Waals surface area contributed by atoms with Crippen LogP contribution in [0.1, 0.15) is 21.5 Å². The number of nitriles is 1. The number of hydrogen-bond donors (Lipinski definition) is 0. The minimum Gasteiger partial charge on any atom is -0.480 e. The summed E-state index contributed by atoms with van der Waals surface area (Å²) in [6.07, 6.45) is 1.56. The number of methoxy groups -OCH3 is 1. The van der Waals surface area contributed by atoms with E-state index in [1.165, 1.54) is 7.11 Å². The van der Waals surface area contributed by atoms with Crippen LogP contribution in [-0.4, -0.2) is 17.9 Å². The molecule has 0 aliphatic carbocycles. The molecule has 0 spiro atoms. The number of aromatic nitrogens is 1. The average Bonchev–Trinajstić information content (AvgIpc) is 2.46. The van der Waals surface area contributed by atoms with Gasteiger partial charge in [-0.1, -0.05) is 12.1 Å². The van der Waals surface area contributed by atoms with Crippen LogP contribution in [0.2, 0.25) is 0 Å². The lowest BCUT2D eigenvalue weighted by Crippen LogP contribution is -2.05. The van der Waals surface area contributed by atoms with Gasteiger partial charge in [-0.2, -0.15) is 5.26 Å². The SMILES string of the molecule is COc1ncccc1C(=O)c1cccc(C#N)c1. The van der Waals surface area contributed by atoms with Crippen LogP contribution in [0.3, 0.4) is 0 Å². The highest BCUT2D eigenvalue weighted by Gasteiger charge is 2.15. The number of benzene rings is 1. The van der Waals surface area contributed by atoms with Crippen molar-refractivity contribution < 1.29 is 9.53 Å². The molecular weight excluding hydrogens is 228 g/mol. The normalized spacial score (nSPS) is 9.56. The molecule has 4 heteroatoms. The van der Waals surface area contributed by atoms with Crippen LogP contribution in [0.15, 0.2) is 42.6 Å². The Morgan fingerprint density at radius 1 is 1.33 bits per heavy atom. The van der Waals surface area contributed by atoms with E-state index < -0.39 is 0 Å². The molecular formula is C14H10N2O2. The second-order valence-corrected chi connectivity index (χ2v) is 3.58. The molecule has 0 unspecified atom stereocenters. The number of pyridine rings is 1. The third-order valence-electron chi connectivity index (χ3n) is 2.46. The van der Waals surface area contributed by atoms with Gasteiger partial charge in [-0.15, -0.1) is 0 Å². The second kappa shape index (κ2) is 5.11. The van der Waals surface area contributed by atoms with E-state index in [0.29, 0.717) is 16.7 Å². The molecule has 0 amide bonds. The predicted molar refractivity (Wildman–Crippen MR) is 65.4 cm³/mol. The molecule has 2 rings (SSSR count). The number of rotatable bonds is 3. The lowest BCUT2D eigenvalue weighted by atomic mass is 10.0. The van der Waals surface area contributed by atoms with Crippen molar-refractivity contribution in [2.45, 2.75) is 0 Å². The monoisotopic (exact) mass is 238 g/mol. The molecule has 1 heterocycles. The van der Waals surface area contributed by atoms with Crippen molar-refractivity contribution in [3.8, 4) is 11.9 Å². The van der Waals surface area contributed by atoms with Crippen LogP contribution >= 0.6 is 0 Å². The second-order valence-electron chi connectivity index (χ2n) is 3.58. The molecule has 0 N–H and O–H groups in total. The van der Waals surface area contributed by atoms with E-state index in [2.05, 4.69) is 4.98 Å². The topological polar surface area (TPSA) is 63.0 Å². The number of ether oxygens (including phenoxy) is 1. The minimum absolute atomic E-state index is 0.211. The summed E-state index contributed by atoms with van der Waals surface area (Å²) < 4.78 is 5.05. The molecule has 0 aliphatic heterocycles. The van der Waals surface area contributed by atoms with E-state index in [1.54, 1.807) is 42.6 Å². The van der Waals surface area contributed by atoms with Crippen molar-refractivity contribution in [1.82, 2.24) is 4.98 Å². The number of ketones is 1. The molecule has 0 atom stereocenters. The third kappa shape index (κ3) is 2.20. The molecule has 88 valence electrons. The van der Waals surface area contributed by atoms with Gasteiger partial charge in [0.2, 0.25) is 5.88 Å². The van der Waals surface area contributed by atoms with Crippen LogP contribution in [0.25, 0.3) is 0 Å². The average molecular weight is 238 g/mol. The van der Waals surface area contributed by atoms with Crippen LogP contribution < -0.4 is 4.74 Å². The summed E-state index contributed by atoms with van der Waals surface area (Å²) in [5, 5.41) is 8.82. The first-order chi connectivity index (χ1) is 8.76. The molecule has 0 aliphatic rings. The zero-order valence-corrected chi connectivity index (χ0v) is 9.75. The van der Waals surface area contributed by atoms with Crippen LogP contribution in [-0.2, 0) is 0 Å². The van der Waals surface area contributed by atoms with Crippen molar-refractivity contribution in [1.29, 1.82) is 5.26 Å². The van der Waals surface area contributed by atoms with Crippen molar-refractivity contribution in [2.75, 3.05) is 7.11 Å². The quantitative estimate of drug-likeness (QED) is 0.769. The fraction of sp³-hybridized carbons (Fsp3) is 0.0714. The Labute approximate surface area is 104 Å². The molecule has 18 heavy (non-hydrogen) atoms. The van der Waals surface area contributed by atoms with Gasteiger partial charge in [0.1, 0.15) is 0 Å². The standard InChI is InChI=1S/C14H10N2O2/c1-18-14-12(6-3-7-16-14)13(17)11-5-2-4-10(8-11)9-15/h2-8H,1H3. The summed E-state index contributed by atoms with van der Waals surface area (Å²) in [5.41, 5.74) is 1.28. The zero-order valence-electron chi connectivity index (χ0n) is 9.75. The lowest BCUT2D eigenvalue weighted by Gasteiger charge is -2.05. The molecule has 4 nitrogen and oxygen atoms in total. The van der Waals surface area contributed by atoms with Gasteiger partial charge >= 0.3 is 0 Å². The van der Waals surface area contributed by atoms with E-state index in [4.69, 9.17) is 10.00 Å².